The number of rotatable bonds is 14. The number of fused-ring (bicyclic) bond motifs is 15. The second-order valence-electron chi connectivity index (χ2n) is 38.9. The van der Waals surface area contributed by atoms with Crippen LogP contribution in [0.4, 0.5) is 0 Å². The number of carbonyl (C=O) groups excluding carboxylic acids is 2. The highest BCUT2D eigenvalue weighted by Crippen LogP contribution is 2.74. The molecule has 18 aliphatic rings. The molecule has 12 aliphatic carbocycles. The Kier molecular flexibility index (Phi) is 22.3. The molecule has 21 heteroatoms. The van der Waals surface area contributed by atoms with Crippen molar-refractivity contribution < 1.29 is 71.5 Å². The molecule has 6 heterocycles. The summed E-state index contributed by atoms with van der Waals surface area (Å²) in [4.78, 5) is 30.8. The molecule has 6 aliphatic heterocycles. The number of unbranched alkanes of at least 4 members (excludes halogenated alkanes) is 1. The van der Waals surface area contributed by atoms with E-state index in [9.17, 15) is 14.7 Å². The van der Waals surface area contributed by atoms with E-state index >= 15 is 0 Å². The number of hydrogen-bond donors (Lipinski definition) is 1. The molecule has 6 saturated heterocycles. The number of azide groups is 2. The van der Waals surface area contributed by atoms with Crippen LogP contribution in [-0.2, 0) is 66.4 Å². The van der Waals surface area contributed by atoms with Crippen molar-refractivity contribution in [3.8, 4) is 0 Å². The molecule has 0 aromatic heterocycles. The van der Waals surface area contributed by atoms with Gasteiger partial charge < -0.3 is 61.9 Å². The van der Waals surface area contributed by atoms with E-state index in [0.29, 0.717) is 123 Å². The number of ketones is 2. The van der Waals surface area contributed by atoms with Crippen molar-refractivity contribution in [1.29, 1.82) is 0 Å². The molecule has 21 nitrogen and oxygen atoms in total. The summed E-state index contributed by atoms with van der Waals surface area (Å²) in [6.45, 7) is 31.3. The zero-order valence-corrected chi connectivity index (χ0v) is 66.7. The van der Waals surface area contributed by atoms with Crippen LogP contribution in [0.2, 0.25) is 0 Å². The average molecular weight is 1480 g/mol. The Balaban J connectivity index is 0.000000114. The van der Waals surface area contributed by atoms with E-state index < -0.39 is 11.6 Å². The molecule has 0 aromatic rings. The molecular formula is C85H136N6O15. The molecule has 0 radical (unpaired) electrons. The van der Waals surface area contributed by atoms with Gasteiger partial charge in [-0.1, -0.05) is 85.4 Å². The minimum Gasteiger partial charge on any atom is -0.396 e. The van der Waals surface area contributed by atoms with E-state index in [1.54, 1.807) is 0 Å². The lowest BCUT2D eigenvalue weighted by Gasteiger charge is -2.62. The molecular weight excluding hydrogens is 1340 g/mol. The first-order valence-electron chi connectivity index (χ1n) is 43.3. The molecule has 0 aromatic carbocycles. The molecule has 0 amide bonds. The first kappa shape index (κ1) is 78.7. The van der Waals surface area contributed by atoms with Gasteiger partial charge in [0.05, 0.1) is 79.3 Å². The average Bonchev–Trinajstić information content (AvgIpc) is 1.33. The first-order chi connectivity index (χ1) is 50.9. The Hall–Kier alpha value is -2.56. The summed E-state index contributed by atoms with van der Waals surface area (Å²) in [5.74, 6) is 5.97. The van der Waals surface area contributed by atoms with E-state index in [1.807, 2.05) is 0 Å². The van der Waals surface area contributed by atoms with Gasteiger partial charge in [0.1, 0.15) is 11.6 Å². The zero-order chi connectivity index (χ0) is 74.3. The standard InChI is InChI=1S/C23H38O4.C22H35N3O4.C22H36O5.C18H27N3O2/c1-4-5-9-20(2)18-7-10-21(3)19(8-12-23(21)26-15-16-27-23)17(18)6-11-22(20)24-13-14-25-22;1-19(7-3-11-24-25-23)17-5-8-20(2)18(6-10-22(20)28-14-15-29-22)16(17)4-9-21(19)26-12-13-27-21;1-19(7-3-11-23)17-5-8-20(2)18(6-10-22(20)26-14-15-27-22)16(17)4-9-21(19)24-12-13-25-21;1-17(9-3-11-20-21-19)14-8-10-18(2)13(5-7-16(18)23)12(14)4-6-15(17)22/h17-19H,4-16H2,1-3H3;16-18H,3-15H2,1-2H3;16-18,23H,3-15H2,1-2H3;12-14H,3-11H2,1-2H3/t17-,18+,19+,20-,21+;2*16-,17+,18+,19-,20+;12-,13-,14-,17+,18-/m1110/s1. The number of carbonyl (C=O) groups is 2. The zero-order valence-electron chi connectivity index (χ0n) is 66.7. The van der Waals surface area contributed by atoms with Gasteiger partial charge in [0, 0.05) is 124 Å². The highest BCUT2D eigenvalue weighted by molar-refractivity contribution is 5.88. The van der Waals surface area contributed by atoms with Crippen LogP contribution in [-0.4, -0.2) is 150 Å². The Morgan fingerprint density at radius 2 is 0.660 bits per heavy atom. The minimum atomic E-state index is -0.463. The van der Waals surface area contributed by atoms with Crippen molar-refractivity contribution >= 4 is 11.6 Å². The fourth-order valence-electron chi connectivity index (χ4n) is 30.3. The molecule has 106 heavy (non-hydrogen) atoms. The number of ether oxygens (including phenoxy) is 12. The van der Waals surface area contributed by atoms with Crippen LogP contribution >= 0.6 is 0 Å². The third-order valence-corrected chi connectivity index (χ3v) is 35.7. The van der Waals surface area contributed by atoms with E-state index in [4.69, 9.17) is 67.9 Å². The summed E-state index contributed by atoms with van der Waals surface area (Å²) in [5.41, 5.74) is 17.2. The van der Waals surface area contributed by atoms with Crippen LogP contribution in [0.3, 0.4) is 0 Å². The van der Waals surface area contributed by atoms with Gasteiger partial charge in [-0.05, 0) is 230 Å². The second-order valence-corrected chi connectivity index (χ2v) is 38.9. The van der Waals surface area contributed by atoms with E-state index in [2.05, 4.69) is 82.4 Å². The predicted molar refractivity (Wildman–Crippen MR) is 398 cm³/mol. The maximum atomic E-state index is 12.7. The second kappa shape index (κ2) is 30.0. The molecule has 18 fully saturated rings. The lowest BCUT2D eigenvalue weighted by atomic mass is 9.47. The fraction of sp³-hybridized carbons (Fsp3) is 0.976. The molecule has 0 unspecified atom stereocenters. The maximum Gasteiger partial charge on any atom is 0.174 e. The third-order valence-electron chi connectivity index (χ3n) is 35.7. The van der Waals surface area contributed by atoms with Gasteiger partial charge in [-0.25, -0.2) is 0 Å². The Morgan fingerprint density at radius 3 is 1.03 bits per heavy atom. The summed E-state index contributed by atoms with van der Waals surface area (Å²) < 4.78 is 75.8. The van der Waals surface area contributed by atoms with Crippen LogP contribution in [0.1, 0.15) is 274 Å². The van der Waals surface area contributed by atoms with Crippen LogP contribution in [0.25, 0.3) is 20.9 Å². The normalized spacial score (nSPS) is 45.6. The quantitative estimate of drug-likeness (QED) is 0.0733. The van der Waals surface area contributed by atoms with Crippen LogP contribution in [0.15, 0.2) is 10.2 Å². The summed E-state index contributed by atoms with van der Waals surface area (Å²) >= 11 is 0. The van der Waals surface area contributed by atoms with E-state index in [0.717, 1.165) is 187 Å². The van der Waals surface area contributed by atoms with Crippen molar-refractivity contribution in [3.05, 3.63) is 20.9 Å². The molecule has 6 spiro atoms. The summed E-state index contributed by atoms with van der Waals surface area (Å²) in [7, 11) is 0. The molecule has 0 bridgehead atoms. The van der Waals surface area contributed by atoms with Crippen molar-refractivity contribution in [1.82, 2.24) is 0 Å². The van der Waals surface area contributed by atoms with E-state index in [1.165, 1.54) is 77.0 Å². The molecule has 596 valence electrons. The topological polar surface area (TPSA) is 263 Å². The highest BCUT2D eigenvalue weighted by Gasteiger charge is 2.74. The molecule has 12 saturated carbocycles. The minimum absolute atomic E-state index is 0.0242. The van der Waals surface area contributed by atoms with Crippen LogP contribution in [0, 0.1) is 114 Å². The number of aliphatic hydroxyl groups excluding tert-OH is 1. The number of Topliss-reactive ketones (excluding diaryl/α,β-unsaturated/α-hetero) is 2. The monoisotopic (exact) mass is 1480 g/mol. The van der Waals surface area contributed by atoms with Gasteiger partial charge in [0.25, 0.3) is 0 Å². The van der Waals surface area contributed by atoms with Crippen LogP contribution < -0.4 is 0 Å². The first-order valence-corrected chi connectivity index (χ1v) is 43.3. The lowest BCUT2D eigenvalue weighted by Crippen LogP contribution is -2.62. The van der Waals surface area contributed by atoms with Gasteiger partial charge in [-0.15, -0.1) is 0 Å². The van der Waals surface area contributed by atoms with Crippen LogP contribution in [0.5, 0.6) is 0 Å². The summed E-state index contributed by atoms with van der Waals surface area (Å²) in [6, 6.07) is 0. The van der Waals surface area contributed by atoms with Crippen molar-refractivity contribution in [2.24, 2.45) is 125 Å². The van der Waals surface area contributed by atoms with Crippen molar-refractivity contribution in [2.45, 2.75) is 309 Å². The summed E-state index contributed by atoms with van der Waals surface area (Å²) in [5, 5.41) is 17.0. The predicted octanol–water partition coefficient (Wildman–Crippen LogP) is 17.7. The Bertz CT molecular complexity index is 3120. The SMILES string of the molecule is CCCC[C@]1(C)[C@H]2CC[C@@]3(C)[C@@H](CCC34OCCO4)[C@@H]2CCC12OCCO2.C[C@]1(CCCN=[N+]=[N-])C(=O)CC[C@@H]2[C@@H]1CC[C@]1(C)C(=O)CC[C@@H]21.C[C@]12CC[C@H]3[C@@H](CCC4(OCCO4)[C@]3(C)CCCN=[N+]=[N-])[C@@H]1CCC21OCCO1.C[C@]12CC[C@H]3[C@@H](CCC4(OCCO4)[C@]3(C)CCCO)[C@@H]1CCC21OCCO1. The Labute approximate surface area is 633 Å². The van der Waals surface area contributed by atoms with Gasteiger partial charge in [0.15, 0.2) is 34.7 Å². The van der Waals surface area contributed by atoms with Gasteiger partial charge in [-0.3, -0.25) is 9.59 Å². The summed E-state index contributed by atoms with van der Waals surface area (Å²) in [6.07, 6.45) is 34.8. The lowest BCUT2D eigenvalue weighted by molar-refractivity contribution is -0.302. The number of nitrogens with zero attached hydrogens (tertiary/aromatic N) is 6. The highest BCUT2D eigenvalue weighted by atomic mass is 16.8. The fourth-order valence-corrected chi connectivity index (χ4v) is 30.3. The maximum absolute atomic E-state index is 12.7. The number of hydrogen-bond acceptors (Lipinski definition) is 17. The van der Waals surface area contributed by atoms with Gasteiger partial charge in [-0.2, -0.15) is 0 Å². The van der Waals surface area contributed by atoms with Crippen molar-refractivity contribution in [2.75, 3.05) is 99.0 Å². The molecule has 20 atom stereocenters. The Morgan fingerprint density at radius 1 is 0.349 bits per heavy atom. The molecule has 1 N–H and O–H groups in total. The molecule has 18 rings (SSSR count). The smallest absolute Gasteiger partial charge is 0.174 e. The number of aliphatic hydroxyl groups is 1. The largest absolute Gasteiger partial charge is 0.396 e. The van der Waals surface area contributed by atoms with Gasteiger partial charge >= 0.3 is 0 Å². The van der Waals surface area contributed by atoms with Crippen molar-refractivity contribution in [3.63, 3.8) is 0 Å². The van der Waals surface area contributed by atoms with E-state index in [-0.39, 0.29) is 73.1 Å². The third kappa shape index (κ3) is 12.0. The van der Waals surface area contributed by atoms with Gasteiger partial charge in [0.2, 0.25) is 0 Å².